The van der Waals surface area contributed by atoms with E-state index < -0.39 is 0 Å². The number of rotatable bonds is 11. The molecule has 6 nitrogen and oxygen atoms in total. The number of benzene rings is 2. The average Bonchev–Trinajstić information content (AvgIpc) is 3.52. The maximum Gasteiger partial charge on any atom is 0.260 e. The highest BCUT2D eigenvalue weighted by Crippen LogP contribution is 2.33. The molecular formula is C27H32N4O2S. The fourth-order valence-corrected chi connectivity index (χ4v) is 4.91. The van der Waals surface area contributed by atoms with Crippen LogP contribution in [0.25, 0.3) is 10.2 Å². The van der Waals surface area contributed by atoms with Crippen molar-refractivity contribution in [3.05, 3.63) is 71.8 Å². The lowest BCUT2D eigenvalue weighted by Crippen LogP contribution is -2.32. The molecule has 7 heteroatoms. The van der Waals surface area contributed by atoms with Gasteiger partial charge in [0.2, 0.25) is 0 Å². The van der Waals surface area contributed by atoms with Crippen molar-refractivity contribution in [2.75, 3.05) is 18.1 Å². The Morgan fingerprint density at radius 3 is 2.82 bits per heavy atom. The van der Waals surface area contributed by atoms with Gasteiger partial charge in [-0.1, -0.05) is 43.2 Å². The Kier molecular flexibility index (Phi) is 7.95. The van der Waals surface area contributed by atoms with E-state index in [0.29, 0.717) is 18.7 Å². The molecule has 1 amide bonds. The van der Waals surface area contributed by atoms with Crippen LogP contribution < -0.4 is 9.64 Å². The van der Waals surface area contributed by atoms with Gasteiger partial charge in [0, 0.05) is 31.0 Å². The van der Waals surface area contributed by atoms with E-state index in [4.69, 9.17) is 9.72 Å². The SMILES string of the molecule is CCCCCOc1cccc(C(=O)N(CCCn2ccnc2)c2nc3c(C)c(C)ccc3s2)c1. The summed E-state index contributed by atoms with van der Waals surface area (Å²) in [6.45, 7) is 8.37. The average molecular weight is 477 g/mol. The molecule has 4 rings (SSSR count). The second kappa shape index (κ2) is 11.3. The second-order valence-electron chi connectivity index (χ2n) is 8.54. The van der Waals surface area contributed by atoms with Gasteiger partial charge in [0.15, 0.2) is 5.13 Å². The van der Waals surface area contributed by atoms with Gasteiger partial charge in [-0.25, -0.2) is 9.97 Å². The monoisotopic (exact) mass is 476 g/mol. The number of aromatic nitrogens is 3. The van der Waals surface area contributed by atoms with Crippen molar-refractivity contribution in [3.63, 3.8) is 0 Å². The van der Waals surface area contributed by atoms with Crippen molar-refractivity contribution in [2.24, 2.45) is 0 Å². The minimum Gasteiger partial charge on any atom is -0.494 e. The molecule has 0 aliphatic carbocycles. The van der Waals surface area contributed by atoms with Gasteiger partial charge in [-0.2, -0.15) is 0 Å². The summed E-state index contributed by atoms with van der Waals surface area (Å²) < 4.78 is 9.02. The summed E-state index contributed by atoms with van der Waals surface area (Å²) in [5, 5.41) is 0.730. The van der Waals surface area contributed by atoms with Crippen LogP contribution in [-0.2, 0) is 6.54 Å². The zero-order valence-corrected chi connectivity index (χ0v) is 21.0. The normalized spacial score (nSPS) is 11.1. The molecule has 0 aliphatic rings. The van der Waals surface area contributed by atoms with E-state index in [2.05, 4.69) is 37.9 Å². The fourth-order valence-electron chi connectivity index (χ4n) is 3.86. The van der Waals surface area contributed by atoms with Crippen molar-refractivity contribution < 1.29 is 9.53 Å². The number of carbonyl (C=O) groups excluding carboxylic acids is 1. The Balaban J connectivity index is 1.58. The molecule has 0 aliphatic heterocycles. The van der Waals surface area contributed by atoms with Crippen molar-refractivity contribution in [1.82, 2.24) is 14.5 Å². The number of anilines is 1. The minimum absolute atomic E-state index is 0.0573. The lowest BCUT2D eigenvalue weighted by Gasteiger charge is -2.20. The van der Waals surface area contributed by atoms with Crippen LogP contribution in [-0.4, -0.2) is 33.6 Å². The van der Waals surface area contributed by atoms with Crippen molar-refractivity contribution in [2.45, 2.75) is 53.0 Å². The van der Waals surface area contributed by atoms with Crippen LogP contribution in [0.5, 0.6) is 5.75 Å². The smallest absolute Gasteiger partial charge is 0.260 e. The maximum atomic E-state index is 13.7. The second-order valence-corrected chi connectivity index (χ2v) is 9.55. The van der Waals surface area contributed by atoms with Gasteiger partial charge in [0.25, 0.3) is 5.91 Å². The van der Waals surface area contributed by atoms with Gasteiger partial charge in [-0.3, -0.25) is 9.69 Å². The summed E-state index contributed by atoms with van der Waals surface area (Å²) >= 11 is 1.57. The van der Waals surface area contributed by atoms with Crippen LogP contribution in [0.15, 0.2) is 55.1 Å². The van der Waals surface area contributed by atoms with E-state index in [-0.39, 0.29) is 5.91 Å². The number of fused-ring (bicyclic) bond motifs is 1. The minimum atomic E-state index is -0.0573. The van der Waals surface area contributed by atoms with Crippen LogP contribution in [0.4, 0.5) is 5.13 Å². The number of nitrogens with zero attached hydrogens (tertiary/aromatic N) is 4. The quantitative estimate of drug-likeness (QED) is 0.235. The van der Waals surface area contributed by atoms with Gasteiger partial charge in [0.1, 0.15) is 5.75 Å². The number of amides is 1. The Bertz CT molecular complexity index is 1230. The number of aryl methyl sites for hydroxylation is 3. The highest BCUT2D eigenvalue weighted by molar-refractivity contribution is 7.22. The van der Waals surface area contributed by atoms with E-state index in [1.54, 1.807) is 23.9 Å². The Morgan fingerprint density at radius 2 is 2.03 bits per heavy atom. The predicted octanol–water partition coefficient (Wildman–Crippen LogP) is 6.42. The standard InChI is InChI=1S/C27H32N4O2S/c1-4-5-6-17-33-23-10-7-9-22(18-23)26(32)31(15-8-14-30-16-13-28-19-30)27-29-25-21(3)20(2)11-12-24(25)34-27/h7,9-13,16,18-19H,4-6,8,14-15,17H2,1-3H3. The number of hydrogen-bond donors (Lipinski definition) is 0. The van der Waals surface area contributed by atoms with E-state index in [1.165, 1.54) is 5.56 Å². The first-order valence-electron chi connectivity index (χ1n) is 11.9. The molecule has 0 fully saturated rings. The molecule has 2 aromatic carbocycles. The zero-order valence-electron chi connectivity index (χ0n) is 20.2. The van der Waals surface area contributed by atoms with Crippen molar-refractivity contribution in [3.8, 4) is 5.75 Å². The van der Waals surface area contributed by atoms with E-state index in [0.717, 1.165) is 58.9 Å². The van der Waals surface area contributed by atoms with Crippen molar-refractivity contribution in [1.29, 1.82) is 0 Å². The molecular weight excluding hydrogens is 444 g/mol. The third-order valence-corrected chi connectivity index (χ3v) is 7.05. The molecule has 178 valence electrons. The topological polar surface area (TPSA) is 60.2 Å². The lowest BCUT2D eigenvalue weighted by molar-refractivity contribution is 0.0986. The molecule has 0 unspecified atom stereocenters. The first-order chi connectivity index (χ1) is 16.6. The first kappa shape index (κ1) is 24.0. The number of thiazole rings is 1. The molecule has 2 heterocycles. The fraction of sp³-hybridized carbons (Fsp3) is 0.370. The predicted molar refractivity (Wildman–Crippen MR) is 139 cm³/mol. The molecule has 34 heavy (non-hydrogen) atoms. The molecule has 0 spiro atoms. The number of ether oxygens (including phenoxy) is 1. The molecule has 0 radical (unpaired) electrons. The number of carbonyl (C=O) groups is 1. The van der Waals surface area contributed by atoms with Crippen LogP contribution >= 0.6 is 11.3 Å². The summed E-state index contributed by atoms with van der Waals surface area (Å²) in [5.74, 6) is 0.675. The maximum absolute atomic E-state index is 13.7. The van der Waals surface area contributed by atoms with Crippen LogP contribution in [0.1, 0.15) is 54.1 Å². The first-order valence-corrected chi connectivity index (χ1v) is 12.8. The van der Waals surface area contributed by atoms with Gasteiger partial charge < -0.3 is 9.30 Å². The molecule has 0 N–H and O–H groups in total. The van der Waals surface area contributed by atoms with Gasteiger partial charge >= 0.3 is 0 Å². The van der Waals surface area contributed by atoms with Gasteiger partial charge in [0.05, 0.1) is 23.2 Å². The molecule has 0 bridgehead atoms. The lowest BCUT2D eigenvalue weighted by atomic mass is 10.1. The highest BCUT2D eigenvalue weighted by Gasteiger charge is 2.22. The number of unbranched alkanes of at least 4 members (excludes halogenated alkanes) is 2. The van der Waals surface area contributed by atoms with E-state index >= 15 is 0 Å². The summed E-state index contributed by atoms with van der Waals surface area (Å²) in [4.78, 5) is 24.5. The van der Waals surface area contributed by atoms with Gasteiger partial charge in [-0.15, -0.1) is 0 Å². The summed E-state index contributed by atoms with van der Waals surface area (Å²) in [6.07, 6.45) is 9.61. The number of hydrogen-bond acceptors (Lipinski definition) is 5. The Labute approximate surface area is 205 Å². The van der Waals surface area contributed by atoms with Crippen LogP contribution in [0, 0.1) is 13.8 Å². The third-order valence-electron chi connectivity index (χ3n) is 6.00. The van der Waals surface area contributed by atoms with Crippen LogP contribution in [0.2, 0.25) is 0 Å². The van der Waals surface area contributed by atoms with E-state index in [9.17, 15) is 4.79 Å². The zero-order chi connectivity index (χ0) is 23.9. The molecule has 0 saturated carbocycles. The largest absolute Gasteiger partial charge is 0.494 e. The molecule has 0 atom stereocenters. The summed E-state index contributed by atoms with van der Waals surface area (Å²) in [5.41, 5.74) is 3.95. The molecule has 4 aromatic rings. The van der Waals surface area contributed by atoms with Crippen molar-refractivity contribution >= 4 is 32.6 Å². The summed E-state index contributed by atoms with van der Waals surface area (Å²) in [6, 6.07) is 11.7. The Morgan fingerprint density at radius 1 is 1.15 bits per heavy atom. The number of imidazole rings is 1. The highest BCUT2D eigenvalue weighted by atomic mass is 32.1. The summed E-state index contributed by atoms with van der Waals surface area (Å²) in [7, 11) is 0. The molecule has 0 saturated heterocycles. The van der Waals surface area contributed by atoms with E-state index in [1.807, 2.05) is 39.9 Å². The molecule has 2 aromatic heterocycles. The third kappa shape index (κ3) is 5.65. The Hall–Kier alpha value is -3.19. The van der Waals surface area contributed by atoms with Gasteiger partial charge in [-0.05, 0) is 62.1 Å². The van der Waals surface area contributed by atoms with Crippen LogP contribution in [0.3, 0.4) is 0 Å².